The molecule has 1 aromatic carbocycles. The molecule has 3 heteroatoms. The molecule has 0 saturated carbocycles. The number of carbonyl (C=O) groups is 1. The number of hydrogen-bond donors (Lipinski definition) is 1. The van der Waals surface area contributed by atoms with Gasteiger partial charge in [-0.2, -0.15) is 0 Å². The zero-order valence-electron chi connectivity index (χ0n) is 11.0. The lowest BCUT2D eigenvalue weighted by Crippen LogP contribution is -2.27. The molecule has 0 fully saturated rings. The Kier molecular flexibility index (Phi) is 4.70. The van der Waals surface area contributed by atoms with E-state index in [4.69, 9.17) is 0 Å². The molecule has 1 rings (SSSR count). The summed E-state index contributed by atoms with van der Waals surface area (Å²) in [6.45, 7) is 7.52. The lowest BCUT2D eigenvalue weighted by Gasteiger charge is -2.21. The van der Waals surface area contributed by atoms with Gasteiger partial charge in [0.05, 0.1) is 6.04 Å². The van der Waals surface area contributed by atoms with Crippen molar-refractivity contribution in [2.45, 2.75) is 40.2 Å². The minimum Gasteiger partial charge on any atom is -0.285 e. The normalized spacial score (nSPS) is 12.6. The summed E-state index contributed by atoms with van der Waals surface area (Å²) in [6, 6.07) is 7.74. The van der Waals surface area contributed by atoms with E-state index < -0.39 is 0 Å². The van der Waals surface area contributed by atoms with Crippen LogP contribution in [0.15, 0.2) is 24.3 Å². The number of nitrogens with zero attached hydrogens (tertiary/aromatic N) is 1. The highest BCUT2D eigenvalue weighted by Crippen LogP contribution is 2.19. The van der Waals surface area contributed by atoms with Crippen molar-refractivity contribution < 1.29 is 10.0 Å². The molecular formula is C14H21NO2. The van der Waals surface area contributed by atoms with E-state index in [1.165, 1.54) is 12.5 Å². The van der Waals surface area contributed by atoms with Crippen LogP contribution in [0.5, 0.6) is 0 Å². The summed E-state index contributed by atoms with van der Waals surface area (Å²) >= 11 is 0. The Morgan fingerprint density at radius 1 is 1.24 bits per heavy atom. The zero-order chi connectivity index (χ0) is 13.0. The van der Waals surface area contributed by atoms with E-state index in [2.05, 4.69) is 26.0 Å². The lowest BCUT2D eigenvalue weighted by molar-refractivity contribution is -0.172. The Morgan fingerprint density at radius 2 is 1.76 bits per heavy atom. The molecule has 1 amide bonds. The third-order valence-corrected chi connectivity index (χ3v) is 2.80. The Morgan fingerprint density at radius 3 is 2.18 bits per heavy atom. The Balaban J connectivity index is 2.76. The molecule has 1 N–H and O–H groups in total. The average molecular weight is 235 g/mol. The molecule has 0 aromatic heterocycles. The van der Waals surface area contributed by atoms with Gasteiger partial charge in [0.2, 0.25) is 5.91 Å². The predicted molar refractivity (Wildman–Crippen MR) is 67.7 cm³/mol. The standard InChI is InChI=1S/C14H21NO2/c1-10(2)9-13-5-7-14(8-6-13)11(3)15(17)12(4)16/h5-8,10-11,17H,9H2,1-4H3/t11-/m0/s1. The van der Waals surface area contributed by atoms with Gasteiger partial charge >= 0.3 is 0 Å². The van der Waals surface area contributed by atoms with E-state index >= 15 is 0 Å². The molecule has 0 heterocycles. The number of carbonyl (C=O) groups excluding carboxylic acids is 1. The van der Waals surface area contributed by atoms with Crippen molar-refractivity contribution in [2.24, 2.45) is 5.92 Å². The number of amides is 1. The van der Waals surface area contributed by atoms with Crippen molar-refractivity contribution in [3.63, 3.8) is 0 Å². The van der Waals surface area contributed by atoms with Gasteiger partial charge < -0.3 is 0 Å². The maximum Gasteiger partial charge on any atom is 0.243 e. The molecule has 17 heavy (non-hydrogen) atoms. The number of hydrogen-bond acceptors (Lipinski definition) is 2. The largest absolute Gasteiger partial charge is 0.285 e. The predicted octanol–water partition coefficient (Wildman–Crippen LogP) is 3.18. The summed E-state index contributed by atoms with van der Waals surface area (Å²) in [5.74, 6) is 0.286. The van der Waals surface area contributed by atoms with Gasteiger partial charge in [0.1, 0.15) is 0 Å². The Hall–Kier alpha value is -1.35. The van der Waals surface area contributed by atoms with Crippen LogP contribution in [-0.2, 0) is 11.2 Å². The molecule has 0 saturated heterocycles. The van der Waals surface area contributed by atoms with E-state index in [-0.39, 0.29) is 11.9 Å². The van der Waals surface area contributed by atoms with E-state index in [0.29, 0.717) is 5.92 Å². The second-order valence-corrected chi connectivity index (χ2v) is 4.88. The fourth-order valence-electron chi connectivity index (χ4n) is 1.82. The van der Waals surface area contributed by atoms with E-state index in [9.17, 15) is 10.0 Å². The van der Waals surface area contributed by atoms with Gasteiger partial charge in [-0.05, 0) is 30.4 Å². The molecule has 0 aliphatic rings. The zero-order valence-corrected chi connectivity index (χ0v) is 11.0. The first-order valence-electron chi connectivity index (χ1n) is 5.99. The molecule has 0 unspecified atom stereocenters. The Labute approximate surface area is 103 Å². The SMILES string of the molecule is CC(=O)N(O)[C@@H](C)c1ccc(CC(C)C)cc1. The van der Waals surface area contributed by atoms with Gasteiger partial charge in [0, 0.05) is 6.92 Å². The van der Waals surface area contributed by atoms with Crippen molar-refractivity contribution in [2.75, 3.05) is 0 Å². The van der Waals surface area contributed by atoms with Gasteiger partial charge in [-0.1, -0.05) is 38.1 Å². The number of hydroxylamine groups is 2. The molecular weight excluding hydrogens is 214 g/mol. The molecule has 1 aromatic rings. The van der Waals surface area contributed by atoms with Crippen LogP contribution in [0.25, 0.3) is 0 Å². The van der Waals surface area contributed by atoms with Crippen LogP contribution in [0.1, 0.15) is 44.9 Å². The van der Waals surface area contributed by atoms with Crippen molar-refractivity contribution in [3.05, 3.63) is 35.4 Å². The van der Waals surface area contributed by atoms with Gasteiger partial charge in [-0.3, -0.25) is 10.0 Å². The molecule has 3 nitrogen and oxygen atoms in total. The first-order chi connectivity index (χ1) is 7.91. The minimum atomic E-state index is -0.344. The number of benzene rings is 1. The molecule has 94 valence electrons. The summed E-state index contributed by atoms with van der Waals surface area (Å²) in [6.07, 6.45) is 1.05. The van der Waals surface area contributed by atoms with Crippen molar-refractivity contribution >= 4 is 5.91 Å². The van der Waals surface area contributed by atoms with E-state index in [1.54, 1.807) is 6.92 Å². The Bertz CT molecular complexity index is 370. The van der Waals surface area contributed by atoms with Gasteiger partial charge in [-0.15, -0.1) is 0 Å². The summed E-state index contributed by atoms with van der Waals surface area (Å²) in [7, 11) is 0. The van der Waals surface area contributed by atoms with Crippen molar-refractivity contribution in [1.82, 2.24) is 5.06 Å². The summed E-state index contributed by atoms with van der Waals surface area (Å²) in [5.41, 5.74) is 2.22. The molecule has 0 aliphatic carbocycles. The van der Waals surface area contributed by atoms with Crippen molar-refractivity contribution in [1.29, 1.82) is 0 Å². The number of rotatable bonds is 4. The molecule has 0 radical (unpaired) electrons. The van der Waals surface area contributed by atoms with Crippen LogP contribution in [0.4, 0.5) is 0 Å². The second kappa shape index (κ2) is 5.82. The molecule has 0 spiro atoms. The van der Waals surface area contributed by atoms with Crippen LogP contribution in [0, 0.1) is 5.92 Å². The van der Waals surface area contributed by atoms with Crippen LogP contribution in [-0.4, -0.2) is 16.2 Å². The van der Waals surface area contributed by atoms with Crippen LogP contribution < -0.4 is 0 Å². The fourth-order valence-corrected chi connectivity index (χ4v) is 1.82. The smallest absolute Gasteiger partial charge is 0.243 e. The van der Waals surface area contributed by atoms with Crippen LogP contribution >= 0.6 is 0 Å². The van der Waals surface area contributed by atoms with Gasteiger partial charge in [0.25, 0.3) is 0 Å². The summed E-state index contributed by atoms with van der Waals surface area (Å²) in [4.78, 5) is 11.0. The average Bonchev–Trinajstić information content (AvgIpc) is 2.27. The van der Waals surface area contributed by atoms with E-state index in [1.807, 2.05) is 12.1 Å². The maximum atomic E-state index is 11.0. The second-order valence-electron chi connectivity index (χ2n) is 4.88. The summed E-state index contributed by atoms with van der Waals surface area (Å²) in [5, 5.41) is 10.3. The third kappa shape index (κ3) is 3.86. The van der Waals surface area contributed by atoms with Crippen molar-refractivity contribution in [3.8, 4) is 0 Å². The van der Waals surface area contributed by atoms with E-state index in [0.717, 1.165) is 17.0 Å². The van der Waals surface area contributed by atoms with Gasteiger partial charge in [-0.25, -0.2) is 5.06 Å². The topological polar surface area (TPSA) is 40.5 Å². The van der Waals surface area contributed by atoms with Crippen LogP contribution in [0.2, 0.25) is 0 Å². The monoisotopic (exact) mass is 235 g/mol. The molecule has 0 bridgehead atoms. The third-order valence-electron chi connectivity index (χ3n) is 2.80. The quantitative estimate of drug-likeness (QED) is 0.643. The molecule has 1 atom stereocenters. The minimum absolute atomic E-state index is 0.305. The first-order valence-corrected chi connectivity index (χ1v) is 5.99. The van der Waals surface area contributed by atoms with Gasteiger partial charge in [0.15, 0.2) is 0 Å². The maximum absolute atomic E-state index is 11.0. The highest BCUT2D eigenvalue weighted by atomic mass is 16.5. The molecule has 0 aliphatic heterocycles. The summed E-state index contributed by atoms with van der Waals surface area (Å²) < 4.78 is 0. The highest BCUT2D eigenvalue weighted by molar-refractivity contribution is 5.72. The first kappa shape index (κ1) is 13.7. The highest BCUT2D eigenvalue weighted by Gasteiger charge is 2.15. The van der Waals surface area contributed by atoms with Crippen LogP contribution in [0.3, 0.4) is 0 Å². The fraction of sp³-hybridized carbons (Fsp3) is 0.500. The lowest BCUT2D eigenvalue weighted by atomic mass is 10.00.